The molecule has 0 saturated heterocycles. The Labute approximate surface area is 92.5 Å². The largest absolute Gasteiger partial charge is 0.480 e. The van der Waals surface area contributed by atoms with E-state index in [2.05, 4.69) is 11.8 Å². The number of hydrogen-bond acceptors (Lipinski definition) is 2. The average Bonchev–Trinajstić information content (AvgIpc) is 2.70. The van der Waals surface area contributed by atoms with Crippen LogP contribution >= 0.6 is 0 Å². The smallest absolute Gasteiger partial charge is 0.320 e. The Kier molecular flexibility index (Phi) is 5.09. The van der Waals surface area contributed by atoms with Crippen LogP contribution in [0.5, 0.6) is 0 Å². The summed E-state index contributed by atoms with van der Waals surface area (Å²) >= 11 is 0. The summed E-state index contributed by atoms with van der Waals surface area (Å²) in [6.45, 7) is 2.11. The van der Waals surface area contributed by atoms with Gasteiger partial charge in [-0.05, 0) is 26.3 Å². The highest BCUT2D eigenvalue weighted by Crippen LogP contribution is 2.25. The maximum atomic E-state index is 11.2. The van der Waals surface area contributed by atoms with Gasteiger partial charge in [0.2, 0.25) is 0 Å². The van der Waals surface area contributed by atoms with Crippen LogP contribution in [0.25, 0.3) is 0 Å². The third kappa shape index (κ3) is 3.49. The normalized spacial score (nSPS) is 19.7. The lowest BCUT2D eigenvalue weighted by molar-refractivity contribution is -0.144. The van der Waals surface area contributed by atoms with Gasteiger partial charge in [-0.3, -0.25) is 9.69 Å². The van der Waals surface area contributed by atoms with Crippen LogP contribution in [0.3, 0.4) is 0 Å². The van der Waals surface area contributed by atoms with Crippen LogP contribution < -0.4 is 0 Å². The van der Waals surface area contributed by atoms with Gasteiger partial charge in [-0.25, -0.2) is 0 Å². The second-order valence-corrected chi connectivity index (χ2v) is 4.60. The molecular formula is C12H23NO2. The molecule has 1 unspecified atom stereocenters. The summed E-state index contributed by atoms with van der Waals surface area (Å²) in [7, 11) is 1.98. The van der Waals surface area contributed by atoms with Crippen LogP contribution in [-0.4, -0.2) is 35.1 Å². The molecule has 0 aromatic heterocycles. The Balaban J connectivity index is 2.49. The number of carboxylic acids is 1. The van der Waals surface area contributed by atoms with Gasteiger partial charge in [0.1, 0.15) is 6.04 Å². The molecule has 0 radical (unpaired) electrons. The van der Waals surface area contributed by atoms with Gasteiger partial charge < -0.3 is 5.11 Å². The molecule has 1 N–H and O–H groups in total. The van der Waals surface area contributed by atoms with Crippen molar-refractivity contribution < 1.29 is 9.90 Å². The summed E-state index contributed by atoms with van der Waals surface area (Å²) in [6, 6.07) is 0.232. The van der Waals surface area contributed by atoms with Crippen LogP contribution in [0.15, 0.2) is 0 Å². The van der Waals surface area contributed by atoms with E-state index >= 15 is 0 Å². The summed E-state index contributed by atoms with van der Waals surface area (Å²) in [5.41, 5.74) is 0. The van der Waals surface area contributed by atoms with Gasteiger partial charge in [-0.1, -0.05) is 32.6 Å². The van der Waals surface area contributed by atoms with Gasteiger partial charge in [0.05, 0.1) is 0 Å². The van der Waals surface area contributed by atoms with E-state index < -0.39 is 5.97 Å². The average molecular weight is 213 g/mol. The zero-order valence-corrected chi connectivity index (χ0v) is 9.91. The Morgan fingerprint density at radius 3 is 2.53 bits per heavy atom. The zero-order chi connectivity index (χ0) is 11.3. The third-order valence-corrected chi connectivity index (χ3v) is 3.51. The second-order valence-electron chi connectivity index (χ2n) is 4.60. The molecule has 0 aliphatic heterocycles. The van der Waals surface area contributed by atoms with Gasteiger partial charge in [0.25, 0.3) is 0 Å². The molecule has 3 nitrogen and oxygen atoms in total. The molecule has 1 aliphatic rings. The van der Waals surface area contributed by atoms with E-state index in [1.54, 1.807) is 0 Å². The minimum Gasteiger partial charge on any atom is -0.480 e. The van der Waals surface area contributed by atoms with Crippen molar-refractivity contribution in [2.45, 2.75) is 64.0 Å². The minimum atomic E-state index is -0.655. The number of unbranched alkanes of at least 4 members (excludes halogenated alkanes) is 1. The number of hydrogen-bond donors (Lipinski definition) is 1. The van der Waals surface area contributed by atoms with Crippen LogP contribution in [0, 0.1) is 0 Å². The first-order valence-electron chi connectivity index (χ1n) is 6.11. The number of carboxylic acid groups (broad SMARTS) is 1. The zero-order valence-electron chi connectivity index (χ0n) is 9.91. The number of aliphatic carboxylic acids is 1. The molecule has 0 aromatic carbocycles. The Morgan fingerprint density at radius 2 is 2.07 bits per heavy atom. The van der Waals surface area contributed by atoms with E-state index in [1.807, 2.05) is 7.05 Å². The van der Waals surface area contributed by atoms with Crippen molar-refractivity contribution in [1.82, 2.24) is 4.90 Å². The lowest BCUT2D eigenvalue weighted by atomic mass is 10.1. The highest BCUT2D eigenvalue weighted by molar-refractivity contribution is 5.73. The molecule has 0 heterocycles. The lowest BCUT2D eigenvalue weighted by Crippen LogP contribution is -2.43. The Hall–Kier alpha value is -0.570. The first-order chi connectivity index (χ1) is 7.16. The van der Waals surface area contributed by atoms with Gasteiger partial charge in [-0.2, -0.15) is 0 Å². The van der Waals surface area contributed by atoms with Crippen LogP contribution in [0.2, 0.25) is 0 Å². The molecule has 88 valence electrons. The SMILES string of the molecule is CCCCC(C(=O)O)N(C)C1CCCC1. The van der Waals surface area contributed by atoms with E-state index in [4.69, 9.17) is 0 Å². The molecule has 1 aliphatic carbocycles. The van der Waals surface area contributed by atoms with E-state index in [9.17, 15) is 9.90 Å². The molecule has 3 heteroatoms. The molecule has 1 fully saturated rings. The van der Waals surface area contributed by atoms with E-state index in [1.165, 1.54) is 25.7 Å². The summed E-state index contributed by atoms with van der Waals surface area (Å²) < 4.78 is 0. The van der Waals surface area contributed by atoms with Crippen molar-refractivity contribution in [2.75, 3.05) is 7.05 Å². The van der Waals surface area contributed by atoms with Crippen molar-refractivity contribution in [2.24, 2.45) is 0 Å². The van der Waals surface area contributed by atoms with Gasteiger partial charge in [0, 0.05) is 6.04 Å². The molecular weight excluding hydrogens is 190 g/mol. The van der Waals surface area contributed by atoms with Gasteiger partial charge in [-0.15, -0.1) is 0 Å². The lowest BCUT2D eigenvalue weighted by Gasteiger charge is -2.30. The van der Waals surface area contributed by atoms with Crippen molar-refractivity contribution in [3.05, 3.63) is 0 Å². The standard InChI is InChI=1S/C12H23NO2/c1-3-4-9-11(12(14)15)13(2)10-7-5-6-8-10/h10-11H,3-9H2,1-2H3,(H,14,15). The minimum absolute atomic E-state index is 0.270. The molecule has 0 spiro atoms. The molecule has 0 aromatic rings. The summed E-state index contributed by atoms with van der Waals surface area (Å²) in [4.78, 5) is 13.3. The first kappa shape index (κ1) is 12.5. The topological polar surface area (TPSA) is 40.5 Å². The molecule has 1 rings (SSSR count). The molecule has 0 amide bonds. The predicted molar refractivity (Wildman–Crippen MR) is 61.0 cm³/mol. The summed E-state index contributed by atoms with van der Waals surface area (Å²) in [6.07, 6.45) is 7.73. The van der Waals surface area contributed by atoms with Gasteiger partial charge >= 0.3 is 5.97 Å². The monoisotopic (exact) mass is 213 g/mol. The number of carbonyl (C=O) groups is 1. The second kappa shape index (κ2) is 6.11. The fourth-order valence-electron chi connectivity index (χ4n) is 2.46. The van der Waals surface area contributed by atoms with E-state index in [0.717, 1.165) is 19.3 Å². The van der Waals surface area contributed by atoms with Crippen molar-refractivity contribution in [3.63, 3.8) is 0 Å². The van der Waals surface area contributed by atoms with Crippen LogP contribution in [0.1, 0.15) is 51.9 Å². The fourth-order valence-corrected chi connectivity index (χ4v) is 2.46. The molecule has 0 bridgehead atoms. The highest BCUT2D eigenvalue weighted by Gasteiger charge is 2.29. The van der Waals surface area contributed by atoms with E-state index in [0.29, 0.717) is 6.04 Å². The van der Waals surface area contributed by atoms with Gasteiger partial charge in [0.15, 0.2) is 0 Å². The third-order valence-electron chi connectivity index (χ3n) is 3.51. The number of likely N-dealkylation sites (N-methyl/N-ethyl adjacent to an activating group) is 1. The predicted octanol–water partition coefficient (Wildman–Crippen LogP) is 2.50. The number of rotatable bonds is 6. The van der Waals surface area contributed by atoms with E-state index in [-0.39, 0.29) is 6.04 Å². The highest BCUT2D eigenvalue weighted by atomic mass is 16.4. The van der Waals surface area contributed by atoms with Crippen LogP contribution in [-0.2, 0) is 4.79 Å². The maximum Gasteiger partial charge on any atom is 0.320 e. The fraction of sp³-hybridized carbons (Fsp3) is 0.917. The first-order valence-corrected chi connectivity index (χ1v) is 6.11. The quantitative estimate of drug-likeness (QED) is 0.737. The molecule has 15 heavy (non-hydrogen) atoms. The molecule has 1 atom stereocenters. The maximum absolute atomic E-state index is 11.2. The Morgan fingerprint density at radius 1 is 1.47 bits per heavy atom. The van der Waals surface area contributed by atoms with Crippen molar-refractivity contribution in [3.8, 4) is 0 Å². The summed E-state index contributed by atoms with van der Waals surface area (Å²) in [5.74, 6) is -0.655. The summed E-state index contributed by atoms with van der Waals surface area (Å²) in [5, 5.41) is 9.19. The number of nitrogens with zero attached hydrogens (tertiary/aromatic N) is 1. The van der Waals surface area contributed by atoms with Crippen LogP contribution in [0.4, 0.5) is 0 Å². The van der Waals surface area contributed by atoms with Crippen molar-refractivity contribution in [1.29, 1.82) is 0 Å². The Bertz CT molecular complexity index is 200. The molecule has 1 saturated carbocycles. The van der Waals surface area contributed by atoms with Crippen molar-refractivity contribution >= 4 is 5.97 Å².